The summed E-state index contributed by atoms with van der Waals surface area (Å²) in [6.07, 6.45) is 3.03. The van der Waals surface area contributed by atoms with Crippen LogP contribution < -0.4 is 9.67 Å². The Bertz CT molecular complexity index is 1330. The zero-order valence-corrected chi connectivity index (χ0v) is 19.7. The van der Waals surface area contributed by atoms with Crippen molar-refractivity contribution in [3.63, 3.8) is 0 Å². The molecule has 0 saturated heterocycles. The van der Waals surface area contributed by atoms with E-state index in [4.69, 9.17) is 16.3 Å². The van der Waals surface area contributed by atoms with E-state index in [1.54, 1.807) is 23.7 Å². The van der Waals surface area contributed by atoms with E-state index >= 15 is 0 Å². The van der Waals surface area contributed by atoms with Crippen molar-refractivity contribution >= 4 is 53.7 Å². The van der Waals surface area contributed by atoms with Crippen LogP contribution in [0.2, 0.25) is 5.02 Å². The number of hydrogen-bond acceptors (Lipinski definition) is 5. The normalized spacial score (nSPS) is 11.2. The third kappa shape index (κ3) is 4.66. The number of carbonyl (C=O) groups excluding carboxylic acids is 2. The van der Waals surface area contributed by atoms with Gasteiger partial charge in [0.25, 0.3) is 0 Å². The molecule has 0 fully saturated rings. The fraction of sp³-hybridized carbons (Fsp3) is 0.0909. The topological polar surface area (TPSA) is 85.6 Å². The molecule has 0 spiro atoms. The Labute approximate surface area is 194 Å². The average Bonchev–Trinajstić information content (AvgIpc) is 3.21. The molecule has 7 nitrogen and oxygen atoms in total. The fourth-order valence-corrected chi connectivity index (χ4v) is 5.11. The number of hydrogen-bond donors (Lipinski definition) is 1. The molecular weight excluding hydrogens is 498 g/mol. The van der Waals surface area contributed by atoms with Gasteiger partial charge in [-0.15, -0.1) is 0 Å². The van der Waals surface area contributed by atoms with Crippen molar-refractivity contribution in [2.45, 2.75) is 6.92 Å². The Hall–Kier alpha value is -3.22. The van der Waals surface area contributed by atoms with Gasteiger partial charge in [-0.3, -0.25) is 0 Å². The summed E-state index contributed by atoms with van der Waals surface area (Å²) in [5.41, 5.74) is 2.68. The maximum absolute atomic E-state index is 13.3. The van der Waals surface area contributed by atoms with E-state index < -0.39 is 27.5 Å². The van der Waals surface area contributed by atoms with Crippen molar-refractivity contribution in [2.75, 3.05) is 11.9 Å². The van der Waals surface area contributed by atoms with Crippen LogP contribution in [0, 0.1) is 5.82 Å². The molecule has 0 aliphatic carbocycles. The first kappa shape index (κ1) is 22.0. The molecule has 1 atom stereocenters. The van der Waals surface area contributed by atoms with Crippen LogP contribution >= 0.6 is 11.6 Å². The molecule has 2 heterocycles. The summed E-state index contributed by atoms with van der Waals surface area (Å²) in [4.78, 5) is 28.9. The monoisotopic (exact) mass is 514 g/mol. The van der Waals surface area contributed by atoms with Crippen LogP contribution in [0.25, 0.3) is 16.9 Å². The van der Waals surface area contributed by atoms with Crippen molar-refractivity contribution in [3.8, 4) is 11.3 Å². The van der Waals surface area contributed by atoms with E-state index in [0.29, 0.717) is 11.3 Å². The second-order valence-electron chi connectivity index (χ2n) is 6.63. The van der Waals surface area contributed by atoms with Crippen molar-refractivity contribution < 1.29 is 18.7 Å². The van der Waals surface area contributed by atoms with Gasteiger partial charge in [0, 0.05) is 0 Å². The van der Waals surface area contributed by atoms with Gasteiger partial charge in [0.1, 0.15) is 0 Å². The number of nitrogens with zero attached hydrogens (tertiary/aromatic N) is 3. The number of ether oxygens (including phenoxy) is 1. The van der Waals surface area contributed by atoms with E-state index in [0.717, 1.165) is 15.6 Å². The summed E-state index contributed by atoms with van der Waals surface area (Å²) in [6, 6.07) is 13.4. The van der Waals surface area contributed by atoms with Crippen molar-refractivity contribution in [1.29, 1.82) is 0 Å². The van der Waals surface area contributed by atoms with Gasteiger partial charge in [-0.2, -0.15) is 0 Å². The number of nitrogens with one attached hydrogen (secondary N) is 1. The summed E-state index contributed by atoms with van der Waals surface area (Å²) < 4.78 is 20.7. The fourth-order valence-electron chi connectivity index (χ4n) is 3.09. The maximum atomic E-state index is 13.3. The molecule has 0 aliphatic rings. The number of rotatable bonds is 6. The van der Waals surface area contributed by atoms with Gasteiger partial charge in [0.05, 0.1) is 0 Å². The zero-order chi connectivity index (χ0) is 22.7. The number of benzene rings is 2. The standard InChI is InChI=1S/C22H17AsClFN4O3/c1-2-32-21(30)16-12-27-29-19(8-9-26-20(16)29)13-4-3-5-14(10-13)23-22(31)28-15-6-7-18(25)17(24)11-15/h3-12,23H,2H2,1H3,(H,28,31). The van der Waals surface area contributed by atoms with E-state index in [9.17, 15) is 14.0 Å². The predicted octanol–water partition coefficient (Wildman–Crippen LogP) is 3.66. The van der Waals surface area contributed by atoms with E-state index in [1.165, 1.54) is 24.4 Å². The van der Waals surface area contributed by atoms with Gasteiger partial charge >= 0.3 is 194 Å². The molecular formula is C22H17AsClFN4O3. The number of carbonyl (C=O) groups is 2. The second kappa shape index (κ2) is 9.51. The molecule has 10 heteroatoms. The van der Waals surface area contributed by atoms with E-state index in [2.05, 4.69) is 15.4 Å². The number of halogens is 2. The Morgan fingerprint density at radius 1 is 1.22 bits per heavy atom. The third-order valence-corrected chi connectivity index (χ3v) is 6.78. The molecule has 4 aromatic rings. The van der Waals surface area contributed by atoms with Crippen LogP contribution in [0.4, 0.5) is 14.9 Å². The molecule has 4 rings (SSSR count). The van der Waals surface area contributed by atoms with Gasteiger partial charge in [-0.05, 0) is 0 Å². The average molecular weight is 515 g/mol. The second-order valence-corrected chi connectivity index (χ2v) is 9.73. The quantitative estimate of drug-likeness (QED) is 0.314. The van der Waals surface area contributed by atoms with Crippen LogP contribution in [-0.4, -0.2) is 47.6 Å². The minimum absolute atomic E-state index is 0.0482. The molecule has 0 saturated carbocycles. The van der Waals surface area contributed by atoms with E-state index in [1.807, 2.05) is 24.3 Å². The summed E-state index contributed by atoms with van der Waals surface area (Å²) >= 11 is 4.57. The summed E-state index contributed by atoms with van der Waals surface area (Å²) in [5.74, 6) is -1.02. The Kier molecular flexibility index (Phi) is 6.53. The number of amides is 1. The molecule has 2 aromatic heterocycles. The van der Waals surface area contributed by atoms with Gasteiger partial charge in [-0.25, -0.2) is 0 Å². The molecule has 2 aromatic carbocycles. The van der Waals surface area contributed by atoms with Crippen LogP contribution in [0.5, 0.6) is 0 Å². The molecule has 0 radical (unpaired) electrons. The van der Waals surface area contributed by atoms with E-state index in [-0.39, 0.29) is 21.9 Å². The molecule has 162 valence electrons. The van der Waals surface area contributed by atoms with Gasteiger partial charge in [0.2, 0.25) is 0 Å². The number of esters is 1. The summed E-state index contributed by atoms with van der Waals surface area (Å²) in [7, 11) is 0. The SMILES string of the molecule is CCOC(=O)c1cnn2c(-c3cccc([AsH]C(=O)Nc4ccc(F)c(Cl)c4)c3)ccnc12. The third-order valence-electron chi connectivity index (χ3n) is 4.49. The van der Waals surface area contributed by atoms with Crippen molar-refractivity contribution in [1.82, 2.24) is 14.6 Å². The Morgan fingerprint density at radius 3 is 2.84 bits per heavy atom. The van der Waals surface area contributed by atoms with Crippen LogP contribution in [0.3, 0.4) is 0 Å². The van der Waals surface area contributed by atoms with Crippen molar-refractivity contribution in [2.24, 2.45) is 0 Å². The van der Waals surface area contributed by atoms with Crippen LogP contribution in [0.15, 0.2) is 60.9 Å². The van der Waals surface area contributed by atoms with Crippen LogP contribution in [0.1, 0.15) is 17.3 Å². The number of fused-ring (bicyclic) bond motifs is 1. The first-order valence-electron chi connectivity index (χ1n) is 9.59. The Morgan fingerprint density at radius 2 is 2.06 bits per heavy atom. The zero-order valence-electron chi connectivity index (χ0n) is 16.8. The number of aromatic nitrogens is 3. The predicted molar refractivity (Wildman–Crippen MR) is 122 cm³/mol. The van der Waals surface area contributed by atoms with Gasteiger partial charge < -0.3 is 0 Å². The minimum atomic E-state index is -1.21. The van der Waals surface area contributed by atoms with Gasteiger partial charge in [0.15, 0.2) is 0 Å². The van der Waals surface area contributed by atoms with Crippen molar-refractivity contribution in [3.05, 3.63) is 77.3 Å². The summed E-state index contributed by atoms with van der Waals surface area (Å²) in [6.45, 7) is 1.99. The first-order chi connectivity index (χ1) is 15.5. The van der Waals surface area contributed by atoms with Gasteiger partial charge in [-0.1, -0.05) is 0 Å². The molecule has 1 unspecified atom stereocenters. The Balaban J connectivity index is 1.58. The first-order valence-corrected chi connectivity index (χ1v) is 12.1. The molecule has 1 amide bonds. The molecule has 0 bridgehead atoms. The van der Waals surface area contributed by atoms with Crippen LogP contribution in [-0.2, 0) is 4.74 Å². The molecule has 0 aliphatic heterocycles. The summed E-state index contributed by atoms with van der Waals surface area (Å²) in [5, 5.41) is 7.01. The number of anilines is 1. The molecule has 1 N–H and O–H groups in total. The molecule has 32 heavy (non-hydrogen) atoms.